The maximum absolute atomic E-state index is 5.84. The molecular formula is C15H15N5O. The van der Waals surface area contributed by atoms with Crippen LogP contribution in [-0.4, -0.2) is 19.5 Å². The lowest BCUT2D eigenvalue weighted by atomic mass is 10.3. The van der Waals surface area contributed by atoms with Crippen molar-refractivity contribution >= 4 is 5.82 Å². The van der Waals surface area contributed by atoms with Crippen molar-refractivity contribution in [2.45, 2.75) is 13.8 Å². The molecule has 3 aromatic rings. The van der Waals surface area contributed by atoms with Crippen LogP contribution in [0.4, 0.5) is 5.82 Å². The van der Waals surface area contributed by atoms with E-state index in [0.29, 0.717) is 17.3 Å². The van der Waals surface area contributed by atoms with Gasteiger partial charge in [0.15, 0.2) is 0 Å². The number of nitrogen functional groups attached to an aromatic ring is 1. The molecule has 3 rings (SSSR count). The molecule has 6 heteroatoms. The van der Waals surface area contributed by atoms with Gasteiger partial charge in [-0.2, -0.15) is 0 Å². The summed E-state index contributed by atoms with van der Waals surface area (Å²) in [7, 11) is 0. The largest absolute Gasteiger partial charge is 0.455 e. The first kappa shape index (κ1) is 13.1. The average molecular weight is 281 g/mol. The molecule has 106 valence electrons. The first-order chi connectivity index (χ1) is 10.1. The van der Waals surface area contributed by atoms with Gasteiger partial charge in [-0.05, 0) is 32.0 Å². The summed E-state index contributed by atoms with van der Waals surface area (Å²) in [6.45, 7) is 3.78. The second-order valence-electron chi connectivity index (χ2n) is 4.69. The van der Waals surface area contributed by atoms with Crippen molar-refractivity contribution in [1.82, 2.24) is 19.5 Å². The topological polar surface area (TPSA) is 78.9 Å². The summed E-state index contributed by atoms with van der Waals surface area (Å²) in [5, 5.41) is 0. The van der Waals surface area contributed by atoms with Crippen LogP contribution in [0.2, 0.25) is 0 Å². The van der Waals surface area contributed by atoms with Gasteiger partial charge in [0.2, 0.25) is 0 Å². The SMILES string of the molecule is Cc1cn(-c2cc(Oc3ccc(N)nc3C)ccn2)cn1. The average Bonchev–Trinajstić information content (AvgIpc) is 2.89. The first-order valence-electron chi connectivity index (χ1n) is 6.50. The maximum atomic E-state index is 5.84. The van der Waals surface area contributed by atoms with Crippen LogP contribution in [0.15, 0.2) is 43.0 Å². The van der Waals surface area contributed by atoms with Crippen LogP contribution in [0.25, 0.3) is 5.82 Å². The van der Waals surface area contributed by atoms with Crippen LogP contribution in [0.3, 0.4) is 0 Å². The van der Waals surface area contributed by atoms with E-state index >= 15 is 0 Å². The van der Waals surface area contributed by atoms with Crippen molar-refractivity contribution in [3.05, 3.63) is 54.4 Å². The van der Waals surface area contributed by atoms with Gasteiger partial charge < -0.3 is 10.5 Å². The number of imidazole rings is 1. The molecule has 0 aliphatic carbocycles. The molecule has 3 heterocycles. The number of anilines is 1. The van der Waals surface area contributed by atoms with Gasteiger partial charge in [-0.15, -0.1) is 0 Å². The summed E-state index contributed by atoms with van der Waals surface area (Å²) in [5.41, 5.74) is 7.31. The Morgan fingerprint density at radius 2 is 2.00 bits per heavy atom. The van der Waals surface area contributed by atoms with Gasteiger partial charge in [0.25, 0.3) is 0 Å². The van der Waals surface area contributed by atoms with E-state index in [0.717, 1.165) is 17.2 Å². The van der Waals surface area contributed by atoms with Gasteiger partial charge >= 0.3 is 0 Å². The molecule has 0 fully saturated rings. The lowest BCUT2D eigenvalue weighted by molar-refractivity contribution is 0.475. The second kappa shape index (κ2) is 5.24. The second-order valence-corrected chi connectivity index (χ2v) is 4.69. The molecule has 0 saturated heterocycles. The van der Waals surface area contributed by atoms with Gasteiger partial charge in [0.1, 0.15) is 29.5 Å². The molecule has 6 nitrogen and oxygen atoms in total. The maximum Gasteiger partial charge on any atom is 0.148 e. The standard InChI is InChI=1S/C15H15N5O/c1-10-8-20(9-18-10)15-7-12(5-6-17-15)21-13-3-4-14(16)19-11(13)2/h3-9H,1-2H3,(H2,16,19). The van der Waals surface area contributed by atoms with Gasteiger partial charge in [-0.3, -0.25) is 4.57 Å². The predicted octanol–water partition coefficient (Wildman–Crippen LogP) is 2.65. The van der Waals surface area contributed by atoms with E-state index in [2.05, 4.69) is 15.0 Å². The van der Waals surface area contributed by atoms with Gasteiger partial charge in [0.05, 0.1) is 11.4 Å². The highest BCUT2D eigenvalue weighted by Gasteiger charge is 2.06. The van der Waals surface area contributed by atoms with E-state index in [1.807, 2.05) is 30.7 Å². The minimum Gasteiger partial charge on any atom is -0.455 e. The molecule has 3 aromatic heterocycles. The van der Waals surface area contributed by atoms with Crippen molar-refractivity contribution in [3.63, 3.8) is 0 Å². The molecular weight excluding hydrogens is 266 g/mol. The van der Waals surface area contributed by atoms with Crippen LogP contribution in [0.5, 0.6) is 11.5 Å². The van der Waals surface area contributed by atoms with Crippen LogP contribution < -0.4 is 10.5 Å². The highest BCUT2D eigenvalue weighted by atomic mass is 16.5. The predicted molar refractivity (Wildman–Crippen MR) is 79.6 cm³/mol. The molecule has 21 heavy (non-hydrogen) atoms. The number of rotatable bonds is 3. The Kier molecular flexibility index (Phi) is 3.27. The first-order valence-corrected chi connectivity index (χ1v) is 6.50. The number of hydrogen-bond acceptors (Lipinski definition) is 5. The van der Waals surface area contributed by atoms with Gasteiger partial charge in [-0.25, -0.2) is 15.0 Å². The van der Waals surface area contributed by atoms with Crippen molar-refractivity contribution < 1.29 is 4.74 Å². The summed E-state index contributed by atoms with van der Waals surface area (Å²) in [5.74, 6) is 2.57. The number of nitrogens with two attached hydrogens (primary N) is 1. The molecule has 0 bridgehead atoms. The van der Waals surface area contributed by atoms with E-state index in [4.69, 9.17) is 10.5 Å². The molecule has 0 aromatic carbocycles. The summed E-state index contributed by atoms with van der Waals surface area (Å²) in [6, 6.07) is 7.16. The highest BCUT2D eigenvalue weighted by molar-refractivity contribution is 5.41. The number of hydrogen-bond donors (Lipinski definition) is 1. The molecule has 0 radical (unpaired) electrons. The zero-order chi connectivity index (χ0) is 14.8. The zero-order valence-electron chi connectivity index (χ0n) is 11.8. The molecule has 2 N–H and O–H groups in total. The number of aryl methyl sites for hydroxylation is 2. The number of aromatic nitrogens is 4. The van der Waals surface area contributed by atoms with E-state index in [1.165, 1.54) is 0 Å². The fourth-order valence-corrected chi connectivity index (χ4v) is 1.95. The van der Waals surface area contributed by atoms with E-state index < -0.39 is 0 Å². The monoisotopic (exact) mass is 281 g/mol. The van der Waals surface area contributed by atoms with Crippen molar-refractivity contribution in [2.75, 3.05) is 5.73 Å². The van der Waals surface area contributed by atoms with E-state index in [-0.39, 0.29) is 0 Å². The van der Waals surface area contributed by atoms with Crippen LogP contribution in [0, 0.1) is 13.8 Å². The third kappa shape index (κ3) is 2.84. The van der Waals surface area contributed by atoms with Crippen LogP contribution in [-0.2, 0) is 0 Å². The van der Waals surface area contributed by atoms with Crippen molar-refractivity contribution in [2.24, 2.45) is 0 Å². The smallest absolute Gasteiger partial charge is 0.148 e. The molecule has 0 saturated carbocycles. The lowest BCUT2D eigenvalue weighted by Gasteiger charge is -2.09. The lowest BCUT2D eigenvalue weighted by Crippen LogP contribution is -1.97. The van der Waals surface area contributed by atoms with Crippen molar-refractivity contribution in [1.29, 1.82) is 0 Å². The van der Waals surface area contributed by atoms with Crippen molar-refractivity contribution in [3.8, 4) is 17.3 Å². The summed E-state index contributed by atoms with van der Waals surface area (Å²) >= 11 is 0. The third-order valence-corrected chi connectivity index (χ3v) is 2.98. The highest BCUT2D eigenvalue weighted by Crippen LogP contribution is 2.25. The van der Waals surface area contributed by atoms with Crippen LogP contribution in [0.1, 0.15) is 11.4 Å². The fourth-order valence-electron chi connectivity index (χ4n) is 1.95. The van der Waals surface area contributed by atoms with Gasteiger partial charge in [-0.1, -0.05) is 0 Å². The number of pyridine rings is 2. The summed E-state index contributed by atoms with van der Waals surface area (Å²) in [4.78, 5) is 12.7. The Balaban J connectivity index is 1.89. The van der Waals surface area contributed by atoms with E-state index in [9.17, 15) is 0 Å². The summed E-state index contributed by atoms with van der Waals surface area (Å²) < 4.78 is 7.68. The molecule has 0 spiro atoms. The third-order valence-electron chi connectivity index (χ3n) is 2.98. The Bertz CT molecular complexity index is 781. The molecule has 0 atom stereocenters. The Hall–Kier alpha value is -2.89. The normalized spacial score (nSPS) is 10.6. The van der Waals surface area contributed by atoms with E-state index in [1.54, 1.807) is 30.7 Å². The zero-order valence-corrected chi connectivity index (χ0v) is 11.8. The van der Waals surface area contributed by atoms with Gasteiger partial charge in [0, 0.05) is 18.5 Å². The Labute approximate surface area is 122 Å². The fraction of sp³-hybridized carbons (Fsp3) is 0.133. The number of nitrogens with zero attached hydrogens (tertiary/aromatic N) is 4. The minimum absolute atomic E-state index is 0.476. The Morgan fingerprint density at radius 3 is 2.71 bits per heavy atom. The quantitative estimate of drug-likeness (QED) is 0.798. The molecule has 0 unspecified atom stereocenters. The molecule has 0 aliphatic heterocycles. The van der Waals surface area contributed by atoms with Crippen LogP contribution >= 0.6 is 0 Å². The summed E-state index contributed by atoms with van der Waals surface area (Å²) in [6.07, 6.45) is 5.32. The number of ether oxygens (including phenoxy) is 1. The minimum atomic E-state index is 0.476. The molecule has 0 amide bonds. The molecule has 0 aliphatic rings. The Morgan fingerprint density at radius 1 is 1.14 bits per heavy atom.